The second-order valence-electron chi connectivity index (χ2n) is 6.59. The third-order valence-corrected chi connectivity index (χ3v) is 3.89. The van der Waals surface area contributed by atoms with Crippen LogP contribution in [0.15, 0.2) is 42.6 Å². The van der Waals surface area contributed by atoms with Gasteiger partial charge in [0.05, 0.1) is 6.04 Å². The minimum atomic E-state index is -0.673. The zero-order valence-electron chi connectivity index (χ0n) is 15.2. The average molecular weight is 356 g/mol. The topological polar surface area (TPSA) is 88.3 Å². The highest BCUT2D eigenvalue weighted by molar-refractivity contribution is 5.97. The van der Waals surface area contributed by atoms with Crippen molar-refractivity contribution in [1.29, 1.82) is 0 Å². The number of Topliss-reactive ketones (excluding diaryl/α,β-unsaturated/α-hetero) is 1. The summed E-state index contributed by atoms with van der Waals surface area (Å²) < 4.78 is 5.03. The van der Waals surface area contributed by atoms with Gasteiger partial charge in [0, 0.05) is 11.8 Å². The van der Waals surface area contributed by atoms with Crippen molar-refractivity contribution >= 4 is 17.7 Å². The van der Waals surface area contributed by atoms with Crippen LogP contribution in [0.25, 0.3) is 0 Å². The van der Waals surface area contributed by atoms with E-state index in [0.29, 0.717) is 11.5 Å². The lowest BCUT2D eigenvalue weighted by molar-refractivity contribution is -0.125. The van der Waals surface area contributed by atoms with Gasteiger partial charge < -0.3 is 15.0 Å². The van der Waals surface area contributed by atoms with Gasteiger partial charge in [-0.15, -0.1) is 0 Å². The first-order valence-electron chi connectivity index (χ1n) is 8.57. The van der Waals surface area contributed by atoms with Crippen LogP contribution in [0.3, 0.4) is 0 Å². The number of carbonyl (C=O) groups excluding carboxylic acids is 3. The molecule has 0 spiro atoms. The molecule has 0 saturated carbocycles. The standard InChI is InChI=1S/C20H24N2O4/c1-13(2)9-17(15-7-5-4-6-8-15)22-19(24)12-26-20(25)18-10-16(11-21-18)14(3)23/h4-8,10-11,13,17,21H,9,12H2,1-3H3,(H,22,24)/t17-/m1/s1. The number of rotatable bonds is 8. The zero-order valence-corrected chi connectivity index (χ0v) is 15.2. The van der Waals surface area contributed by atoms with E-state index in [1.807, 2.05) is 30.3 Å². The average Bonchev–Trinajstić information content (AvgIpc) is 3.10. The first kappa shape index (κ1) is 19.4. The summed E-state index contributed by atoms with van der Waals surface area (Å²) in [6.07, 6.45) is 2.22. The highest BCUT2D eigenvalue weighted by Crippen LogP contribution is 2.21. The number of aromatic amines is 1. The number of hydrogen-bond acceptors (Lipinski definition) is 4. The molecule has 0 aliphatic rings. The molecular formula is C20H24N2O4. The first-order chi connectivity index (χ1) is 12.4. The second-order valence-corrected chi connectivity index (χ2v) is 6.59. The Morgan fingerprint density at radius 1 is 1.15 bits per heavy atom. The van der Waals surface area contributed by atoms with Crippen molar-refractivity contribution in [2.24, 2.45) is 5.92 Å². The molecule has 26 heavy (non-hydrogen) atoms. The molecule has 0 saturated heterocycles. The van der Waals surface area contributed by atoms with E-state index >= 15 is 0 Å². The van der Waals surface area contributed by atoms with Crippen molar-refractivity contribution < 1.29 is 19.1 Å². The highest BCUT2D eigenvalue weighted by atomic mass is 16.5. The SMILES string of the molecule is CC(=O)c1c[nH]c(C(=O)OCC(=O)N[C@H](CC(C)C)c2ccccc2)c1. The number of aromatic nitrogens is 1. The lowest BCUT2D eigenvalue weighted by Crippen LogP contribution is -2.33. The molecule has 0 radical (unpaired) electrons. The molecule has 2 aromatic rings. The fourth-order valence-corrected chi connectivity index (χ4v) is 2.60. The number of esters is 1. The van der Waals surface area contributed by atoms with Gasteiger partial charge in [-0.3, -0.25) is 9.59 Å². The molecule has 0 fully saturated rings. The molecule has 1 atom stereocenters. The molecule has 2 N–H and O–H groups in total. The largest absolute Gasteiger partial charge is 0.451 e. The molecule has 0 unspecified atom stereocenters. The Morgan fingerprint density at radius 2 is 1.85 bits per heavy atom. The van der Waals surface area contributed by atoms with E-state index in [4.69, 9.17) is 4.74 Å². The molecule has 0 aliphatic heterocycles. The van der Waals surface area contributed by atoms with Crippen molar-refractivity contribution in [2.45, 2.75) is 33.2 Å². The maximum absolute atomic E-state index is 12.2. The van der Waals surface area contributed by atoms with E-state index in [0.717, 1.165) is 12.0 Å². The van der Waals surface area contributed by atoms with Crippen LogP contribution in [-0.4, -0.2) is 29.3 Å². The van der Waals surface area contributed by atoms with Gasteiger partial charge in [-0.2, -0.15) is 0 Å². The van der Waals surface area contributed by atoms with Crippen LogP contribution in [0.2, 0.25) is 0 Å². The third kappa shape index (κ3) is 5.58. The summed E-state index contributed by atoms with van der Waals surface area (Å²) >= 11 is 0. The van der Waals surface area contributed by atoms with Gasteiger partial charge in [0.15, 0.2) is 12.4 Å². The summed E-state index contributed by atoms with van der Waals surface area (Å²) in [5, 5.41) is 2.91. The molecule has 1 aromatic heterocycles. The van der Waals surface area contributed by atoms with Crippen molar-refractivity contribution in [3.63, 3.8) is 0 Å². The van der Waals surface area contributed by atoms with Crippen molar-refractivity contribution in [3.8, 4) is 0 Å². The maximum atomic E-state index is 12.2. The van der Waals surface area contributed by atoms with E-state index in [1.54, 1.807) is 0 Å². The molecule has 0 aliphatic carbocycles. The van der Waals surface area contributed by atoms with E-state index in [1.165, 1.54) is 19.2 Å². The van der Waals surface area contributed by atoms with Gasteiger partial charge in [-0.05, 0) is 30.9 Å². The molecule has 6 heteroatoms. The van der Waals surface area contributed by atoms with Crippen LogP contribution in [0.5, 0.6) is 0 Å². The summed E-state index contributed by atoms with van der Waals surface area (Å²) in [6, 6.07) is 11.0. The molecule has 6 nitrogen and oxygen atoms in total. The van der Waals surface area contributed by atoms with Crippen molar-refractivity contribution in [3.05, 3.63) is 59.4 Å². The minimum absolute atomic E-state index is 0.141. The van der Waals surface area contributed by atoms with Crippen LogP contribution < -0.4 is 5.32 Å². The van der Waals surface area contributed by atoms with Crippen LogP contribution in [0, 0.1) is 5.92 Å². The smallest absolute Gasteiger partial charge is 0.355 e. The number of ether oxygens (including phenoxy) is 1. The van der Waals surface area contributed by atoms with Gasteiger partial charge in [0.1, 0.15) is 5.69 Å². The van der Waals surface area contributed by atoms with Gasteiger partial charge in [-0.25, -0.2) is 4.79 Å². The van der Waals surface area contributed by atoms with Crippen LogP contribution in [-0.2, 0) is 9.53 Å². The molecular weight excluding hydrogens is 332 g/mol. The monoisotopic (exact) mass is 356 g/mol. The van der Waals surface area contributed by atoms with Crippen LogP contribution >= 0.6 is 0 Å². The zero-order chi connectivity index (χ0) is 19.1. The van der Waals surface area contributed by atoms with Crippen molar-refractivity contribution in [2.75, 3.05) is 6.61 Å². The Balaban J connectivity index is 1.93. The summed E-state index contributed by atoms with van der Waals surface area (Å²) in [5.41, 5.74) is 1.55. The molecule has 1 aromatic carbocycles. The van der Waals surface area contributed by atoms with Crippen LogP contribution in [0.1, 0.15) is 59.6 Å². The van der Waals surface area contributed by atoms with E-state index < -0.39 is 5.97 Å². The molecule has 0 bridgehead atoms. The number of hydrogen-bond donors (Lipinski definition) is 2. The Bertz CT molecular complexity index is 765. The molecule has 1 heterocycles. The number of H-pyrrole nitrogens is 1. The summed E-state index contributed by atoms with van der Waals surface area (Å²) in [7, 11) is 0. The predicted octanol–water partition coefficient (Wildman–Crippen LogP) is 3.28. The Hall–Kier alpha value is -2.89. The minimum Gasteiger partial charge on any atom is -0.451 e. The predicted molar refractivity (Wildman–Crippen MR) is 97.9 cm³/mol. The maximum Gasteiger partial charge on any atom is 0.355 e. The fourth-order valence-electron chi connectivity index (χ4n) is 2.60. The lowest BCUT2D eigenvalue weighted by atomic mass is 9.97. The number of carbonyl (C=O) groups is 3. The number of benzene rings is 1. The summed E-state index contributed by atoms with van der Waals surface area (Å²) in [6.45, 7) is 5.19. The molecule has 138 valence electrons. The van der Waals surface area contributed by atoms with Gasteiger partial charge >= 0.3 is 5.97 Å². The van der Waals surface area contributed by atoms with E-state index in [-0.39, 0.29) is 30.0 Å². The first-order valence-corrected chi connectivity index (χ1v) is 8.57. The Morgan fingerprint density at radius 3 is 2.42 bits per heavy atom. The quantitative estimate of drug-likeness (QED) is 0.561. The molecule has 2 rings (SSSR count). The number of amides is 1. The van der Waals surface area contributed by atoms with E-state index in [9.17, 15) is 14.4 Å². The Labute approximate surface area is 152 Å². The fraction of sp³-hybridized carbons (Fsp3) is 0.350. The normalized spacial score (nSPS) is 11.8. The number of nitrogens with one attached hydrogen (secondary N) is 2. The second kappa shape index (κ2) is 8.99. The van der Waals surface area contributed by atoms with Gasteiger partial charge in [0.25, 0.3) is 5.91 Å². The third-order valence-electron chi connectivity index (χ3n) is 3.89. The summed E-state index contributed by atoms with van der Waals surface area (Å²) in [4.78, 5) is 38.1. The lowest BCUT2D eigenvalue weighted by Gasteiger charge is -2.21. The number of ketones is 1. The van der Waals surface area contributed by atoms with Gasteiger partial charge in [-0.1, -0.05) is 44.2 Å². The van der Waals surface area contributed by atoms with Crippen molar-refractivity contribution in [1.82, 2.24) is 10.3 Å². The highest BCUT2D eigenvalue weighted by Gasteiger charge is 2.18. The Kier molecular flexibility index (Phi) is 6.72. The van der Waals surface area contributed by atoms with Gasteiger partial charge in [0.2, 0.25) is 0 Å². The van der Waals surface area contributed by atoms with E-state index in [2.05, 4.69) is 24.1 Å². The molecule has 1 amide bonds. The van der Waals surface area contributed by atoms with Crippen LogP contribution in [0.4, 0.5) is 0 Å². The summed E-state index contributed by atoms with van der Waals surface area (Å²) in [5.74, 6) is -0.802.